The monoisotopic (exact) mass is 394 g/mol. The average molecular weight is 394 g/mol. The van der Waals surface area contributed by atoms with Gasteiger partial charge in [0.05, 0.1) is 22.3 Å². The minimum absolute atomic E-state index is 0.0111. The average Bonchev–Trinajstić information content (AvgIpc) is 3.03. The summed E-state index contributed by atoms with van der Waals surface area (Å²) in [5, 5.41) is 38.5. The molecule has 3 aromatic rings. The molecule has 3 rings (SSSR count). The molecule has 0 radical (unpaired) electrons. The second-order valence-corrected chi connectivity index (χ2v) is 6.94. The van der Waals surface area contributed by atoms with Crippen molar-refractivity contribution >= 4 is 22.3 Å². The van der Waals surface area contributed by atoms with Crippen LogP contribution in [0.25, 0.3) is 16.6 Å². The number of rotatable bonds is 7. The molecule has 0 amide bonds. The molecule has 0 fully saturated rings. The van der Waals surface area contributed by atoms with E-state index < -0.39 is 0 Å². The molecule has 29 heavy (non-hydrogen) atoms. The Balaban J connectivity index is 2.22. The fraction of sp³-hybridized carbons (Fsp3) is 0.273. The number of nitrogens with two attached hydrogens (primary N) is 1. The van der Waals surface area contributed by atoms with Gasteiger partial charge in [-0.3, -0.25) is 5.41 Å². The first-order valence-electron chi connectivity index (χ1n) is 9.54. The molecule has 7 heteroatoms. The second-order valence-electron chi connectivity index (χ2n) is 6.94. The van der Waals surface area contributed by atoms with Crippen LogP contribution in [-0.4, -0.2) is 37.2 Å². The van der Waals surface area contributed by atoms with E-state index in [4.69, 9.17) is 11.1 Å². The summed E-state index contributed by atoms with van der Waals surface area (Å²) in [5.74, 6) is 0.302. The zero-order valence-corrected chi connectivity index (χ0v) is 16.6. The van der Waals surface area contributed by atoms with Gasteiger partial charge in [0.2, 0.25) is 0 Å². The number of aromatic nitrogens is 2. The van der Waals surface area contributed by atoms with Crippen LogP contribution in [0.1, 0.15) is 36.7 Å². The third-order valence-corrected chi connectivity index (χ3v) is 5.03. The van der Waals surface area contributed by atoms with Crippen molar-refractivity contribution in [1.82, 2.24) is 9.55 Å². The van der Waals surface area contributed by atoms with Gasteiger partial charge in [0.15, 0.2) is 0 Å². The number of aromatic hydroxyl groups is 2. The number of benzene rings is 2. The Morgan fingerprint density at radius 3 is 2.55 bits per heavy atom. The van der Waals surface area contributed by atoms with Crippen LogP contribution >= 0.6 is 0 Å². The normalized spacial score (nSPS) is 12.2. The summed E-state index contributed by atoms with van der Waals surface area (Å²) in [6, 6.07) is 10.5. The van der Waals surface area contributed by atoms with Gasteiger partial charge in [0.1, 0.15) is 17.3 Å². The Bertz CT molecular complexity index is 1100. The molecule has 0 saturated heterocycles. The number of aliphatic hydroxyl groups is 1. The van der Waals surface area contributed by atoms with Crippen LogP contribution in [0.5, 0.6) is 11.5 Å². The van der Waals surface area contributed by atoms with Crippen molar-refractivity contribution in [3.05, 3.63) is 59.0 Å². The molecular formula is C22H26N4O3. The van der Waals surface area contributed by atoms with Gasteiger partial charge in [0, 0.05) is 31.0 Å². The lowest BCUT2D eigenvalue weighted by Crippen LogP contribution is -2.15. The van der Waals surface area contributed by atoms with Crippen LogP contribution in [0.3, 0.4) is 0 Å². The summed E-state index contributed by atoms with van der Waals surface area (Å²) in [5.41, 5.74) is 9.76. The van der Waals surface area contributed by atoms with Crippen LogP contribution in [0.15, 0.2) is 42.1 Å². The zero-order valence-electron chi connectivity index (χ0n) is 16.6. The third kappa shape index (κ3) is 3.82. The van der Waals surface area contributed by atoms with Crippen molar-refractivity contribution in [3.63, 3.8) is 0 Å². The second kappa shape index (κ2) is 8.36. The van der Waals surface area contributed by atoms with Crippen LogP contribution in [0, 0.1) is 5.41 Å². The predicted molar refractivity (Wildman–Crippen MR) is 114 cm³/mol. The number of aryl methyl sites for hydroxylation is 2. The summed E-state index contributed by atoms with van der Waals surface area (Å²) in [4.78, 5) is 4.67. The van der Waals surface area contributed by atoms with Gasteiger partial charge in [-0.1, -0.05) is 19.1 Å². The maximum Gasteiger partial charge on any atom is 0.144 e. The highest BCUT2D eigenvalue weighted by molar-refractivity contribution is 6.31. The Kier molecular flexibility index (Phi) is 5.89. The van der Waals surface area contributed by atoms with Crippen molar-refractivity contribution in [2.45, 2.75) is 26.2 Å². The molecule has 7 nitrogen and oxygen atoms in total. The Morgan fingerprint density at radius 2 is 1.90 bits per heavy atom. The van der Waals surface area contributed by atoms with E-state index >= 15 is 0 Å². The third-order valence-electron chi connectivity index (χ3n) is 5.03. The first kappa shape index (κ1) is 20.4. The van der Waals surface area contributed by atoms with Crippen molar-refractivity contribution in [2.75, 3.05) is 6.61 Å². The smallest absolute Gasteiger partial charge is 0.144 e. The lowest BCUT2D eigenvalue weighted by molar-refractivity contribution is 0.288. The number of nitrogens with zero attached hydrogens (tertiary/aromatic N) is 2. The number of para-hydroxylation sites is 2. The van der Waals surface area contributed by atoms with Gasteiger partial charge < -0.3 is 25.6 Å². The molecule has 0 spiro atoms. The molecule has 0 aliphatic rings. The molecule has 0 unspecified atom stereocenters. The predicted octanol–water partition coefficient (Wildman–Crippen LogP) is 3.06. The highest BCUT2D eigenvalue weighted by atomic mass is 16.3. The van der Waals surface area contributed by atoms with Gasteiger partial charge in [-0.15, -0.1) is 0 Å². The Morgan fingerprint density at radius 1 is 1.17 bits per heavy atom. The molecule has 1 heterocycles. The van der Waals surface area contributed by atoms with Gasteiger partial charge in [0.25, 0.3) is 0 Å². The highest BCUT2D eigenvalue weighted by Crippen LogP contribution is 2.33. The topological polar surface area (TPSA) is 128 Å². The number of nitrogens with one attached hydrogen (secondary N) is 1. The molecule has 1 aromatic heterocycles. The maximum atomic E-state index is 10.4. The maximum absolute atomic E-state index is 10.4. The van der Waals surface area contributed by atoms with E-state index in [9.17, 15) is 15.3 Å². The Hall–Kier alpha value is -3.32. The molecule has 2 aromatic carbocycles. The molecule has 0 bridgehead atoms. The molecule has 0 aliphatic heterocycles. The molecule has 0 atom stereocenters. The number of aliphatic hydroxyl groups excluding tert-OH is 1. The van der Waals surface area contributed by atoms with E-state index in [-0.39, 0.29) is 29.4 Å². The quantitative estimate of drug-likeness (QED) is 0.393. The van der Waals surface area contributed by atoms with Crippen LogP contribution < -0.4 is 5.73 Å². The largest absolute Gasteiger partial charge is 0.508 e. The van der Waals surface area contributed by atoms with E-state index in [1.165, 1.54) is 6.07 Å². The summed E-state index contributed by atoms with van der Waals surface area (Å²) >= 11 is 0. The van der Waals surface area contributed by atoms with Crippen LogP contribution in [0.4, 0.5) is 0 Å². The number of hydrogen-bond acceptors (Lipinski definition) is 6. The number of hydrogen-bond donors (Lipinski definition) is 5. The molecular weight excluding hydrogens is 368 g/mol. The molecule has 0 saturated carbocycles. The number of imidazole rings is 1. The summed E-state index contributed by atoms with van der Waals surface area (Å²) in [7, 11) is 1.85. The van der Waals surface area contributed by atoms with Gasteiger partial charge in [-0.05, 0) is 43.0 Å². The van der Waals surface area contributed by atoms with Gasteiger partial charge in [-0.25, -0.2) is 4.98 Å². The fourth-order valence-corrected chi connectivity index (χ4v) is 3.42. The summed E-state index contributed by atoms with van der Waals surface area (Å²) in [6.07, 6.45) is 1.39. The number of fused-ring (bicyclic) bond motifs is 1. The van der Waals surface area contributed by atoms with E-state index in [0.29, 0.717) is 41.9 Å². The molecule has 6 N–H and O–H groups in total. The van der Waals surface area contributed by atoms with E-state index in [0.717, 1.165) is 11.0 Å². The van der Waals surface area contributed by atoms with E-state index in [2.05, 4.69) is 4.98 Å². The van der Waals surface area contributed by atoms with Gasteiger partial charge in [-0.2, -0.15) is 0 Å². The van der Waals surface area contributed by atoms with Crippen LogP contribution in [0.2, 0.25) is 0 Å². The zero-order chi connectivity index (χ0) is 21.1. The van der Waals surface area contributed by atoms with Crippen molar-refractivity contribution < 1.29 is 15.3 Å². The highest BCUT2D eigenvalue weighted by Gasteiger charge is 2.23. The van der Waals surface area contributed by atoms with Gasteiger partial charge >= 0.3 is 0 Å². The van der Waals surface area contributed by atoms with Crippen molar-refractivity contribution in [2.24, 2.45) is 12.8 Å². The minimum Gasteiger partial charge on any atom is -0.508 e. The van der Waals surface area contributed by atoms with E-state index in [1.807, 2.05) is 42.8 Å². The standard InChI is InChI=1S/C22H26N4O3/c1-3-13-11-14(19(29)12-18(13)28)21(24)20(15(23)7-6-10-27)22-25-16-8-4-5-9-17(16)26(22)2/h4-5,8-9,11-12,24,27-29H,3,6-7,10,23H2,1-2H3/b20-15+,24-21?. The lowest BCUT2D eigenvalue weighted by atomic mass is 9.95. The number of phenols is 2. The number of phenolic OH excluding ortho intramolecular Hbond substituents is 2. The summed E-state index contributed by atoms with van der Waals surface area (Å²) < 4.78 is 1.86. The Labute approximate surface area is 169 Å². The SMILES string of the molecule is CCc1cc(C(=N)/C(=C(\N)CCCO)c2nc3ccccc3n2C)c(O)cc1O. The summed E-state index contributed by atoms with van der Waals surface area (Å²) in [6.45, 7) is 1.87. The lowest BCUT2D eigenvalue weighted by Gasteiger charge is -2.16. The minimum atomic E-state index is -0.198. The first-order chi connectivity index (χ1) is 13.9. The van der Waals surface area contributed by atoms with Crippen molar-refractivity contribution in [3.8, 4) is 11.5 Å². The van der Waals surface area contributed by atoms with Crippen molar-refractivity contribution in [1.29, 1.82) is 5.41 Å². The molecule has 0 aliphatic carbocycles. The number of allylic oxidation sites excluding steroid dienone is 2. The first-order valence-corrected chi connectivity index (χ1v) is 9.54. The fourth-order valence-electron chi connectivity index (χ4n) is 3.42. The van der Waals surface area contributed by atoms with Crippen LogP contribution in [-0.2, 0) is 13.5 Å². The molecule has 152 valence electrons. The van der Waals surface area contributed by atoms with E-state index in [1.54, 1.807) is 6.07 Å².